The van der Waals surface area contributed by atoms with Crippen molar-refractivity contribution in [2.24, 2.45) is 18.7 Å². The molecule has 12 heavy (non-hydrogen) atoms. The Morgan fingerprint density at radius 2 is 2.25 bits per heavy atom. The number of imidazole rings is 1. The molecule has 0 aliphatic rings. The fourth-order valence-corrected chi connectivity index (χ4v) is 1.06. The molecule has 1 aromatic rings. The van der Waals surface area contributed by atoms with Crippen LogP contribution in [0.25, 0.3) is 0 Å². The van der Waals surface area contributed by atoms with Gasteiger partial charge >= 0.3 is 0 Å². The topological polar surface area (TPSA) is 43.8 Å². The molecule has 0 amide bonds. The molecule has 0 radical (unpaired) electrons. The Labute approximate surface area is 73.6 Å². The summed E-state index contributed by atoms with van der Waals surface area (Å²) in [5.74, 6) is 0.528. The minimum absolute atomic E-state index is 0.236. The molecule has 0 fully saturated rings. The lowest BCUT2D eigenvalue weighted by molar-refractivity contribution is 0.481. The van der Waals surface area contributed by atoms with E-state index in [9.17, 15) is 0 Å². The van der Waals surface area contributed by atoms with Crippen LogP contribution in [0.4, 0.5) is 0 Å². The normalized spacial score (nSPS) is 13.8. The minimum Gasteiger partial charge on any atom is -0.338 e. The van der Waals surface area contributed by atoms with E-state index < -0.39 is 0 Å². The quantitative estimate of drug-likeness (QED) is 0.728. The average Bonchev–Trinajstić information content (AvgIpc) is 2.36. The van der Waals surface area contributed by atoms with Gasteiger partial charge in [0, 0.05) is 31.4 Å². The standard InChI is InChI=1S/C9H17N3/c1-7(2)9(10)4-8-5-11-6-12(8)3/h5-7,9H,4,10H2,1-3H3. The molecule has 1 atom stereocenters. The van der Waals surface area contributed by atoms with Crippen molar-refractivity contribution in [3.05, 3.63) is 18.2 Å². The van der Waals surface area contributed by atoms with Crippen LogP contribution >= 0.6 is 0 Å². The van der Waals surface area contributed by atoms with Crippen LogP contribution in [-0.4, -0.2) is 15.6 Å². The highest BCUT2D eigenvalue weighted by molar-refractivity contribution is 5.00. The summed E-state index contributed by atoms with van der Waals surface area (Å²) in [5, 5.41) is 0. The third kappa shape index (κ3) is 2.08. The second-order valence-corrected chi connectivity index (χ2v) is 3.61. The minimum atomic E-state index is 0.236. The average molecular weight is 167 g/mol. The van der Waals surface area contributed by atoms with Crippen LogP contribution in [0.3, 0.4) is 0 Å². The third-order valence-electron chi connectivity index (χ3n) is 2.22. The molecule has 0 spiro atoms. The molecule has 0 bridgehead atoms. The van der Waals surface area contributed by atoms with E-state index in [-0.39, 0.29) is 6.04 Å². The predicted octanol–water partition coefficient (Wildman–Crippen LogP) is 0.946. The number of aryl methyl sites for hydroxylation is 1. The molecule has 0 aliphatic heterocycles. The van der Waals surface area contributed by atoms with Crippen molar-refractivity contribution in [1.29, 1.82) is 0 Å². The summed E-state index contributed by atoms with van der Waals surface area (Å²) >= 11 is 0. The fourth-order valence-electron chi connectivity index (χ4n) is 1.06. The second-order valence-electron chi connectivity index (χ2n) is 3.61. The van der Waals surface area contributed by atoms with Crippen LogP contribution in [0, 0.1) is 5.92 Å². The first-order valence-corrected chi connectivity index (χ1v) is 4.32. The van der Waals surface area contributed by atoms with Gasteiger partial charge in [-0.2, -0.15) is 0 Å². The lowest BCUT2D eigenvalue weighted by Gasteiger charge is -2.15. The van der Waals surface area contributed by atoms with E-state index in [1.165, 1.54) is 5.69 Å². The zero-order valence-corrected chi connectivity index (χ0v) is 7.99. The van der Waals surface area contributed by atoms with E-state index in [4.69, 9.17) is 5.73 Å². The Kier molecular flexibility index (Phi) is 2.87. The van der Waals surface area contributed by atoms with Crippen molar-refractivity contribution >= 4 is 0 Å². The van der Waals surface area contributed by atoms with Gasteiger partial charge in [-0.3, -0.25) is 0 Å². The molecule has 0 saturated heterocycles. The van der Waals surface area contributed by atoms with Gasteiger partial charge in [0.1, 0.15) is 0 Å². The third-order valence-corrected chi connectivity index (χ3v) is 2.22. The van der Waals surface area contributed by atoms with Gasteiger partial charge in [-0.25, -0.2) is 4.98 Å². The van der Waals surface area contributed by atoms with Crippen molar-refractivity contribution in [3.63, 3.8) is 0 Å². The Morgan fingerprint density at radius 1 is 1.58 bits per heavy atom. The summed E-state index contributed by atoms with van der Waals surface area (Å²) in [4.78, 5) is 4.04. The molecule has 0 aromatic carbocycles. The van der Waals surface area contributed by atoms with Crippen LogP contribution < -0.4 is 5.73 Å². The van der Waals surface area contributed by atoms with Gasteiger partial charge in [0.2, 0.25) is 0 Å². The highest BCUT2D eigenvalue weighted by Gasteiger charge is 2.09. The van der Waals surface area contributed by atoms with E-state index in [0.29, 0.717) is 5.92 Å². The number of hydrogen-bond donors (Lipinski definition) is 1. The van der Waals surface area contributed by atoms with Crippen LogP contribution in [-0.2, 0) is 13.5 Å². The van der Waals surface area contributed by atoms with E-state index in [1.54, 1.807) is 0 Å². The molecule has 0 aliphatic carbocycles. The van der Waals surface area contributed by atoms with Gasteiger partial charge in [0.25, 0.3) is 0 Å². The van der Waals surface area contributed by atoms with Crippen LogP contribution in [0.15, 0.2) is 12.5 Å². The predicted molar refractivity (Wildman–Crippen MR) is 49.7 cm³/mol. The Hall–Kier alpha value is -0.830. The summed E-state index contributed by atoms with van der Waals surface area (Å²) in [6, 6.07) is 0.236. The molecule has 3 heteroatoms. The number of nitrogens with two attached hydrogens (primary N) is 1. The van der Waals surface area contributed by atoms with Crippen molar-refractivity contribution in [3.8, 4) is 0 Å². The summed E-state index contributed by atoms with van der Waals surface area (Å²) in [6.07, 6.45) is 4.60. The zero-order valence-electron chi connectivity index (χ0n) is 7.99. The lowest BCUT2D eigenvalue weighted by Crippen LogP contribution is -2.29. The first kappa shape index (κ1) is 9.26. The first-order chi connectivity index (χ1) is 5.61. The number of nitrogens with zero attached hydrogens (tertiary/aromatic N) is 2. The van der Waals surface area contributed by atoms with E-state index >= 15 is 0 Å². The van der Waals surface area contributed by atoms with Crippen LogP contribution in [0.2, 0.25) is 0 Å². The molecule has 2 N–H and O–H groups in total. The number of hydrogen-bond acceptors (Lipinski definition) is 2. The number of aromatic nitrogens is 2. The van der Waals surface area contributed by atoms with Gasteiger partial charge in [-0.15, -0.1) is 0 Å². The van der Waals surface area contributed by atoms with Gasteiger partial charge < -0.3 is 10.3 Å². The highest BCUT2D eigenvalue weighted by Crippen LogP contribution is 2.06. The fraction of sp³-hybridized carbons (Fsp3) is 0.667. The summed E-state index contributed by atoms with van der Waals surface area (Å²) in [5.41, 5.74) is 7.14. The molecular formula is C9H17N3. The maximum absolute atomic E-state index is 5.94. The molecule has 1 unspecified atom stereocenters. The largest absolute Gasteiger partial charge is 0.338 e. The van der Waals surface area contributed by atoms with Gasteiger partial charge in [0.05, 0.1) is 6.33 Å². The monoisotopic (exact) mass is 167 g/mol. The Morgan fingerprint density at radius 3 is 2.67 bits per heavy atom. The summed E-state index contributed by atoms with van der Waals surface area (Å²) < 4.78 is 2.02. The van der Waals surface area contributed by atoms with Crippen LogP contribution in [0.1, 0.15) is 19.5 Å². The molecule has 1 heterocycles. The maximum atomic E-state index is 5.94. The summed E-state index contributed by atoms with van der Waals surface area (Å²) in [7, 11) is 2.00. The Bertz CT molecular complexity index is 240. The molecule has 1 aromatic heterocycles. The highest BCUT2D eigenvalue weighted by atomic mass is 15.0. The summed E-state index contributed by atoms with van der Waals surface area (Å²) in [6.45, 7) is 4.28. The van der Waals surface area contributed by atoms with Gasteiger partial charge in [-0.1, -0.05) is 13.8 Å². The van der Waals surface area contributed by atoms with E-state index in [2.05, 4.69) is 18.8 Å². The SMILES string of the molecule is CC(C)C(N)Cc1cncn1C. The second kappa shape index (κ2) is 3.72. The molecular weight excluding hydrogens is 150 g/mol. The Balaban J connectivity index is 2.58. The van der Waals surface area contributed by atoms with Crippen molar-refractivity contribution in [1.82, 2.24) is 9.55 Å². The first-order valence-electron chi connectivity index (χ1n) is 4.32. The van der Waals surface area contributed by atoms with Gasteiger partial charge in [-0.05, 0) is 5.92 Å². The molecule has 68 valence electrons. The van der Waals surface area contributed by atoms with Crippen molar-refractivity contribution in [2.45, 2.75) is 26.3 Å². The van der Waals surface area contributed by atoms with E-state index in [0.717, 1.165) is 6.42 Å². The number of rotatable bonds is 3. The molecule has 3 nitrogen and oxygen atoms in total. The lowest BCUT2D eigenvalue weighted by atomic mass is 10.0. The van der Waals surface area contributed by atoms with Gasteiger partial charge in [0.15, 0.2) is 0 Å². The smallest absolute Gasteiger partial charge is 0.0945 e. The molecule has 0 saturated carbocycles. The maximum Gasteiger partial charge on any atom is 0.0945 e. The van der Waals surface area contributed by atoms with Crippen molar-refractivity contribution in [2.75, 3.05) is 0 Å². The molecule has 1 rings (SSSR count). The van der Waals surface area contributed by atoms with Crippen molar-refractivity contribution < 1.29 is 0 Å². The van der Waals surface area contributed by atoms with Crippen LogP contribution in [0.5, 0.6) is 0 Å². The van der Waals surface area contributed by atoms with E-state index in [1.807, 2.05) is 24.1 Å². The zero-order chi connectivity index (χ0) is 9.14.